The van der Waals surface area contributed by atoms with Crippen LogP contribution in [0.2, 0.25) is 0 Å². The lowest BCUT2D eigenvalue weighted by molar-refractivity contribution is -0.124. The Morgan fingerprint density at radius 1 is 1.29 bits per heavy atom. The lowest BCUT2D eigenvalue weighted by Gasteiger charge is -2.34. The second-order valence-electron chi connectivity index (χ2n) is 7.97. The van der Waals surface area contributed by atoms with E-state index in [0.29, 0.717) is 19.4 Å². The molecule has 156 valence electrons. The van der Waals surface area contributed by atoms with Crippen LogP contribution in [0.1, 0.15) is 44.1 Å². The largest absolute Gasteiger partial charge is 0.494 e. The van der Waals surface area contributed by atoms with Crippen LogP contribution in [0, 0.1) is 5.82 Å². The summed E-state index contributed by atoms with van der Waals surface area (Å²) in [5.74, 6) is -0.468. The van der Waals surface area contributed by atoms with Crippen molar-refractivity contribution < 1.29 is 22.3 Å². The van der Waals surface area contributed by atoms with Gasteiger partial charge in [0.15, 0.2) is 21.4 Å². The van der Waals surface area contributed by atoms with Crippen LogP contribution in [0.4, 0.5) is 4.39 Å². The average Bonchev–Trinajstić information content (AvgIpc) is 3.15. The monoisotopic (exact) mass is 412 g/mol. The van der Waals surface area contributed by atoms with E-state index < -0.39 is 14.6 Å². The van der Waals surface area contributed by atoms with Gasteiger partial charge in [-0.05, 0) is 43.4 Å². The molecule has 1 N–H and O–H groups in total. The number of amides is 1. The molecule has 1 aliphatic heterocycles. The van der Waals surface area contributed by atoms with Crippen LogP contribution in [-0.4, -0.2) is 56.5 Å². The molecule has 0 aromatic heterocycles. The van der Waals surface area contributed by atoms with E-state index in [9.17, 15) is 17.6 Å². The Balaban J connectivity index is 1.54. The predicted molar refractivity (Wildman–Crippen MR) is 105 cm³/mol. The maximum absolute atomic E-state index is 13.9. The first-order valence-electron chi connectivity index (χ1n) is 9.80. The van der Waals surface area contributed by atoms with Gasteiger partial charge in [0.25, 0.3) is 0 Å². The average molecular weight is 413 g/mol. The lowest BCUT2D eigenvalue weighted by Crippen LogP contribution is -2.54. The Hall–Kier alpha value is -1.67. The number of halogens is 1. The third kappa shape index (κ3) is 4.33. The Morgan fingerprint density at radius 3 is 2.46 bits per heavy atom. The number of ether oxygens (including phenoxy) is 1. The maximum Gasteiger partial charge on any atom is 0.241 e. The zero-order chi connectivity index (χ0) is 20.4. The Morgan fingerprint density at radius 2 is 1.93 bits per heavy atom. The van der Waals surface area contributed by atoms with Gasteiger partial charge in [-0.2, -0.15) is 0 Å². The molecule has 1 saturated carbocycles. The standard InChI is InChI=1S/C20H29FN2O4S/c1-27-18-6-5-15(13-17(18)21)14-23-11-7-16(8-12-23)22-19(24)20(28(2,25)26)9-3-4-10-20/h5-6,13,16H,3-4,7-12,14H2,1-2H3,(H,22,24). The van der Waals surface area contributed by atoms with E-state index in [4.69, 9.17) is 4.74 Å². The van der Waals surface area contributed by atoms with Crippen molar-refractivity contribution in [3.05, 3.63) is 29.6 Å². The van der Waals surface area contributed by atoms with Gasteiger partial charge in [0.2, 0.25) is 5.91 Å². The summed E-state index contributed by atoms with van der Waals surface area (Å²) in [6.07, 6.45) is 5.07. The third-order valence-corrected chi connectivity index (χ3v) is 8.09. The summed E-state index contributed by atoms with van der Waals surface area (Å²) in [6, 6.07) is 4.95. The van der Waals surface area contributed by atoms with E-state index in [1.807, 2.05) is 6.07 Å². The number of methoxy groups -OCH3 is 1. The number of piperidine rings is 1. The van der Waals surface area contributed by atoms with Crippen molar-refractivity contribution in [3.8, 4) is 5.75 Å². The molecule has 1 saturated heterocycles. The molecule has 0 spiro atoms. The third-order valence-electron chi connectivity index (χ3n) is 6.08. The molecule has 0 bridgehead atoms. The number of carbonyl (C=O) groups is 1. The summed E-state index contributed by atoms with van der Waals surface area (Å²) < 4.78 is 42.1. The first-order valence-corrected chi connectivity index (χ1v) is 11.7. The fourth-order valence-electron chi connectivity index (χ4n) is 4.33. The minimum absolute atomic E-state index is 0.0180. The molecule has 0 unspecified atom stereocenters. The van der Waals surface area contributed by atoms with Crippen molar-refractivity contribution >= 4 is 15.7 Å². The molecule has 8 heteroatoms. The summed E-state index contributed by atoms with van der Waals surface area (Å²) in [4.78, 5) is 15.0. The first-order chi connectivity index (χ1) is 13.2. The Kier molecular flexibility index (Phi) is 6.29. The van der Waals surface area contributed by atoms with Gasteiger partial charge in [-0.1, -0.05) is 18.9 Å². The van der Waals surface area contributed by atoms with Gasteiger partial charge in [0, 0.05) is 31.9 Å². The van der Waals surface area contributed by atoms with Crippen LogP contribution < -0.4 is 10.1 Å². The zero-order valence-corrected chi connectivity index (χ0v) is 17.4. The molecule has 1 aromatic carbocycles. The van der Waals surface area contributed by atoms with Gasteiger partial charge in [-0.25, -0.2) is 12.8 Å². The van der Waals surface area contributed by atoms with Gasteiger partial charge in [0.05, 0.1) is 7.11 Å². The highest BCUT2D eigenvalue weighted by Crippen LogP contribution is 2.37. The maximum atomic E-state index is 13.9. The van der Waals surface area contributed by atoms with E-state index in [1.165, 1.54) is 19.4 Å². The highest BCUT2D eigenvalue weighted by Gasteiger charge is 2.50. The van der Waals surface area contributed by atoms with Crippen LogP contribution in [0.25, 0.3) is 0 Å². The zero-order valence-electron chi connectivity index (χ0n) is 16.5. The van der Waals surface area contributed by atoms with Gasteiger partial charge in [-0.3, -0.25) is 9.69 Å². The van der Waals surface area contributed by atoms with E-state index in [-0.39, 0.29) is 23.5 Å². The number of sulfone groups is 1. The van der Waals surface area contributed by atoms with E-state index >= 15 is 0 Å². The summed E-state index contributed by atoms with van der Waals surface area (Å²) in [7, 11) is -2.00. The van der Waals surface area contributed by atoms with Gasteiger partial charge < -0.3 is 10.1 Å². The quantitative estimate of drug-likeness (QED) is 0.776. The molecule has 0 radical (unpaired) electrons. The van der Waals surface area contributed by atoms with Gasteiger partial charge in [-0.15, -0.1) is 0 Å². The number of hydrogen-bond acceptors (Lipinski definition) is 5. The van der Waals surface area contributed by atoms with E-state index in [1.54, 1.807) is 6.07 Å². The first kappa shape index (κ1) is 21.0. The molecule has 1 amide bonds. The smallest absolute Gasteiger partial charge is 0.241 e. The highest BCUT2D eigenvalue weighted by molar-refractivity contribution is 7.92. The second-order valence-corrected chi connectivity index (χ2v) is 10.3. The summed E-state index contributed by atoms with van der Waals surface area (Å²) in [5, 5.41) is 3.00. The lowest BCUT2D eigenvalue weighted by atomic mass is 10.0. The van der Waals surface area contributed by atoms with Crippen LogP contribution in [0.3, 0.4) is 0 Å². The normalized spacial score (nSPS) is 20.8. The SMILES string of the molecule is COc1ccc(CN2CCC(NC(=O)C3(S(C)(=O)=O)CCCC3)CC2)cc1F. The number of benzene rings is 1. The number of rotatable bonds is 6. The van der Waals surface area contributed by atoms with Crippen molar-refractivity contribution in [2.75, 3.05) is 26.5 Å². The summed E-state index contributed by atoms with van der Waals surface area (Å²) in [6.45, 7) is 2.17. The number of hydrogen-bond donors (Lipinski definition) is 1. The fraction of sp³-hybridized carbons (Fsp3) is 0.650. The molecule has 28 heavy (non-hydrogen) atoms. The van der Waals surface area contributed by atoms with Crippen molar-refractivity contribution in [1.82, 2.24) is 10.2 Å². The Bertz CT molecular complexity index is 813. The number of carbonyl (C=O) groups excluding carboxylic acids is 1. The molecule has 1 aliphatic carbocycles. The molecule has 2 fully saturated rings. The minimum atomic E-state index is -3.44. The molecular formula is C20H29FN2O4S. The van der Waals surface area contributed by atoms with Crippen LogP contribution in [0.15, 0.2) is 18.2 Å². The summed E-state index contributed by atoms with van der Waals surface area (Å²) in [5.41, 5.74) is 0.878. The number of nitrogens with one attached hydrogen (secondary N) is 1. The van der Waals surface area contributed by atoms with Crippen molar-refractivity contribution in [2.45, 2.75) is 55.9 Å². The predicted octanol–water partition coefficient (Wildman–Crippen LogP) is 2.27. The number of likely N-dealkylation sites (tertiary alicyclic amines) is 1. The summed E-state index contributed by atoms with van der Waals surface area (Å²) >= 11 is 0. The van der Waals surface area contributed by atoms with Crippen LogP contribution in [-0.2, 0) is 21.2 Å². The van der Waals surface area contributed by atoms with Crippen molar-refractivity contribution in [3.63, 3.8) is 0 Å². The molecule has 1 heterocycles. The topological polar surface area (TPSA) is 75.7 Å². The molecule has 3 rings (SSSR count). The highest BCUT2D eigenvalue weighted by atomic mass is 32.2. The minimum Gasteiger partial charge on any atom is -0.494 e. The molecular weight excluding hydrogens is 383 g/mol. The van der Waals surface area contributed by atoms with Gasteiger partial charge >= 0.3 is 0 Å². The Labute approximate surface area is 166 Å². The number of nitrogens with zero attached hydrogens (tertiary/aromatic N) is 1. The van der Waals surface area contributed by atoms with Crippen molar-refractivity contribution in [2.24, 2.45) is 0 Å². The van der Waals surface area contributed by atoms with E-state index in [2.05, 4.69) is 10.2 Å². The molecule has 2 aliphatic rings. The molecule has 6 nitrogen and oxygen atoms in total. The van der Waals surface area contributed by atoms with Crippen LogP contribution >= 0.6 is 0 Å². The second kappa shape index (κ2) is 8.37. The van der Waals surface area contributed by atoms with Crippen LogP contribution in [0.5, 0.6) is 5.75 Å². The van der Waals surface area contributed by atoms with Crippen molar-refractivity contribution in [1.29, 1.82) is 0 Å². The van der Waals surface area contributed by atoms with E-state index in [0.717, 1.165) is 44.3 Å². The fourth-order valence-corrected chi connectivity index (χ4v) is 5.76. The van der Waals surface area contributed by atoms with Gasteiger partial charge in [0.1, 0.15) is 4.75 Å². The molecule has 1 aromatic rings. The molecule has 0 atom stereocenters.